The Balaban J connectivity index is 2.50. The van der Waals surface area contributed by atoms with Gasteiger partial charge in [-0.15, -0.1) is 0 Å². The molecule has 0 aliphatic heterocycles. The Morgan fingerprint density at radius 2 is 2.07 bits per heavy atom. The largest absolute Gasteiger partial charge is 0.298 e. The monoisotopic (exact) mass is 386 g/mol. The number of ketones is 1. The minimum Gasteiger partial charge on any atom is -0.298 e. The number of alkyl halides is 3. The highest BCUT2D eigenvalue weighted by Crippen LogP contribution is 2.66. The molecule has 4 heteroatoms. The Bertz CT molecular complexity index is 281. The third-order valence-corrected chi connectivity index (χ3v) is 7.55. The van der Waals surface area contributed by atoms with Crippen molar-refractivity contribution in [3.63, 3.8) is 0 Å². The van der Waals surface area contributed by atoms with E-state index in [1.807, 2.05) is 0 Å². The van der Waals surface area contributed by atoms with E-state index in [1.165, 1.54) is 6.42 Å². The Kier molecular flexibility index (Phi) is 2.95. The molecule has 14 heavy (non-hydrogen) atoms. The average Bonchev–Trinajstić information content (AvgIpc) is 2.57. The van der Waals surface area contributed by atoms with Gasteiger partial charge in [-0.2, -0.15) is 0 Å². The quantitative estimate of drug-likeness (QED) is 0.661. The summed E-state index contributed by atoms with van der Waals surface area (Å²) in [6, 6.07) is 0. The average molecular weight is 389 g/mol. The highest BCUT2D eigenvalue weighted by atomic mass is 79.9. The molecule has 0 spiro atoms. The Labute approximate surface area is 110 Å². The van der Waals surface area contributed by atoms with Crippen LogP contribution in [0.4, 0.5) is 0 Å². The van der Waals surface area contributed by atoms with Gasteiger partial charge in [0, 0.05) is 16.1 Å². The van der Waals surface area contributed by atoms with Crippen LogP contribution in [0.15, 0.2) is 0 Å². The zero-order valence-corrected chi connectivity index (χ0v) is 12.8. The predicted octanol–water partition coefficient (Wildman–Crippen LogP) is 3.53. The number of carbonyl (C=O) groups is 1. The van der Waals surface area contributed by atoms with E-state index < -0.39 is 0 Å². The number of carbonyl (C=O) groups excluding carboxylic acids is 1. The van der Waals surface area contributed by atoms with Gasteiger partial charge in [0.25, 0.3) is 0 Å². The molecule has 1 nitrogen and oxygen atoms in total. The van der Waals surface area contributed by atoms with Crippen LogP contribution in [0.5, 0.6) is 0 Å². The van der Waals surface area contributed by atoms with Crippen molar-refractivity contribution in [3.05, 3.63) is 0 Å². The summed E-state index contributed by atoms with van der Waals surface area (Å²) in [5, 5.41) is 1.73. The van der Waals surface area contributed by atoms with Gasteiger partial charge in [-0.25, -0.2) is 0 Å². The van der Waals surface area contributed by atoms with Gasteiger partial charge in [-0.1, -0.05) is 54.7 Å². The zero-order chi connectivity index (χ0) is 10.6. The lowest BCUT2D eigenvalue weighted by Crippen LogP contribution is -2.41. The second-order valence-corrected chi connectivity index (χ2v) is 6.79. The predicted molar refractivity (Wildman–Crippen MR) is 68.6 cm³/mol. The summed E-state index contributed by atoms with van der Waals surface area (Å²) in [4.78, 5) is 12.3. The molecule has 2 bridgehead atoms. The van der Waals surface area contributed by atoms with Gasteiger partial charge < -0.3 is 0 Å². The minimum absolute atomic E-state index is 0.0800. The van der Waals surface area contributed by atoms with Gasteiger partial charge in [-0.05, 0) is 24.2 Å². The standard InChI is InChI=1S/C10H13Br3O/c1-9(4-11)6-2-3-10(9,5-12)8(14)7(6)13/h6-7H,2-5H2,1H3/t6-,7-,9+,10-/m0/s1. The first-order chi connectivity index (χ1) is 6.53. The van der Waals surface area contributed by atoms with Crippen molar-refractivity contribution in [2.75, 3.05) is 10.7 Å². The van der Waals surface area contributed by atoms with E-state index in [1.54, 1.807) is 0 Å². The highest BCUT2D eigenvalue weighted by molar-refractivity contribution is 9.10. The van der Waals surface area contributed by atoms with E-state index in [0.717, 1.165) is 17.1 Å². The fourth-order valence-electron chi connectivity index (χ4n) is 3.19. The summed E-state index contributed by atoms with van der Waals surface area (Å²) in [5.41, 5.74) is -0.00289. The number of hydrogen-bond acceptors (Lipinski definition) is 1. The lowest BCUT2D eigenvalue weighted by molar-refractivity contribution is -0.127. The van der Waals surface area contributed by atoms with Gasteiger partial charge in [0.15, 0.2) is 5.78 Å². The van der Waals surface area contributed by atoms with Crippen molar-refractivity contribution in [1.82, 2.24) is 0 Å². The molecule has 0 aromatic rings. The summed E-state index contributed by atoms with van der Waals surface area (Å²) in [6.45, 7) is 2.25. The molecule has 4 atom stereocenters. The van der Waals surface area contributed by atoms with Gasteiger partial charge in [0.1, 0.15) is 0 Å². The summed E-state index contributed by atoms with van der Waals surface area (Å²) < 4.78 is 0. The van der Waals surface area contributed by atoms with E-state index in [0.29, 0.717) is 11.7 Å². The van der Waals surface area contributed by atoms with E-state index in [2.05, 4.69) is 54.7 Å². The summed E-state index contributed by atoms with van der Waals surface area (Å²) in [5.74, 6) is 0.916. The number of halogens is 3. The van der Waals surface area contributed by atoms with Gasteiger partial charge in [0.2, 0.25) is 0 Å². The summed E-state index contributed by atoms with van der Waals surface area (Å²) in [7, 11) is 0. The van der Waals surface area contributed by atoms with Crippen molar-refractivity contribution in [1.29, 1.82) is 0 Å². The first-order valence-electron chi connectivity index (χ1n) is 4.84. The molecule has 80 valence electrons. The smallest absolute Gasteiger partial charge is 0.154 e. The third-order valence-electron chi connectivity index (χ3n) is 4.37. The van der Waals surface area contributed by atoms with E-state index in [-0.39, 0.29) is 15.7 Å². The minimum atomic E-state index is -0.130. The SMILES string of the molecule is C[C@@]1(CBr)[C@H]2CC[C@]1(CBr)C(=O)[C@H]2Br. The van der Waals surface area contributed by atoms with Crippen LogP contribution in [0, 0.1) is 16.7 Å². The molecule has 2 aliphatic carbocycles. The van der Waals surface area contributed by atoms with Crippen molar-refractivity contribution in [2.45, 2.75) is 24.6 Å². The maximum atomic E-state index is 12.2. The molecule has 0 amide bonds. The van der Waals surface area contributed by atoms with Crippen LogP contribution in [0.1, 0.15) is 19.8 Å². The molecule has 2 fully saturated rings. The second kappa shape index (κ2) is 3.56. The molecule has 2 rings (SSSR count). The molecule has 0 heterocycles. The molecule has 0 aromatic carbocycles. The van der Waals surface area contributed by atoms with Gasteiger partial charge in [0.05, 0.1) is 4.83 Å². The van der Waals surface area contributed by atoms with Crippen LogP contribution >= 0.6 is 47.8 Å². The molecule has 2 aliphatic rings. The van der Waals surface area contributed by atoms with Crippen molar-refractivity contribution >= 4 is 53.6 Å². The number of Topliss-reactive ketones (excluding diaryl/α,β-unsaturated/α-hetero) is 1. The zero-order valence-electron chi connectivity index (χ0n) is 8.03. The molecule has 2 saturated carbocycles. The first-order valence-corrected chi connectivity index (χ1v) is 8.00. The van der Waals surface area contributed by atoms with Crippen molar-refractivity contribution in [3.8, 4) is 0 Å². The number of rotatable bonds is 2. The van der Waals surface area contributed by atoms with E-state index >= 15 is 0 Å². The maximum Gasteiger partial charge on any atom is 0.154 e. The Morgan fingerprint density at radius 3 is 2.50 bits per heavy atom. The third kappa shape index (κ3) is 1.08. The van der Waals surface area contributed by atoms with Gasteiger partial charge >= 0.3 is 0 Å². The lowest BCUT2D eigenvalue weighted by Gasteiger charge is -2.36. The molecule has 0 N–H and O–H groups in total. The molecular formula is C10H13Br3O. The Morgan fingerprint density at radius 1 is 1.43 bits per heavy atom. The number of fused-ring (bicyclic) bond motifs is 2. The van der Waals surface area contributed by atoms with Crippen LogP contribution in [0.3, 0.4) is 0 Å². The molecule has 0 saturated heterocycles. The van der Waals surface area contributed by atoms with E-state index in [4.69, 9.17) is 0 Å². The highest BCUT2D eigenvalue weighted by Gasteiger charge is 2.68. The first kappa shape index (κ1) is 11.6. The van der Waals surface area contributed by atoms with Crippen LogP contribution < -0.4 is 0 Å². The fraction of sp³-hybridized carbons (Fsp3) is 0.900. The molecule has 0 unspecified atom stereocenters. The van der Waals surface area contributed by atoms with Crippen LogP contribution in [0.25, 0.3) is 0 Å². The number of hydrogen-bond donors (Lipinski definition) is 0. The van der Waals surface area contributed by atoms with Crippen molar-refractivity contribution in [2.24, 2.45) is 16.7 Å². The topological polar surface area (TPSA) is 17.1 Å². The molecule has 0 aromatic heterocycles. The van der Waals surface area contributed by atoms with Crippen LogP contribution in [0.2, 0.25) is 0 Å². The maximum absolute atomic E-state index is 12.2. The molecular weight excluding hydrogens is 376 g/mol. The normalized spacial score (nSPS) is 51.6. The Hall–Kier alpha value is 1.11. The second-order valence-electron chi connectivity index (χ2n) is 4.68. The fourth-order valence-corrected chi connectivity index (χ4v) is 6.63. The van der Waals surface area contributed by atoms with E-state index in [9.17, 15) is 4.79 Å². The van der Waals surface area contributed by atoms with Crippen LogP contribution in [-0.2, 0) is 4.79 Å². The molecule has 0 radical (unpaired) electrons. The van der Waals surface area contributed by atoms with Crippen molar-refractivity contribution < 1.29 is 4.79 Å². The summed E-state index contributed by atoms with van der Waals surface area (Å²) >= 11 is 10.7. The van der Waals surface area contributed by atoms with Crippen LogP contribution in [-0.4, -0.2) is 21.3 Å². The lowest BCUT2D eigenvalue weighted by atomic mass is 9.70. The van der Waals surface area contributed by atoms with Gasteiger partial charge in [-0.3, -0.25) is 4.79 Å². The summed E-state index contributed by atoms with van der Waals surface area (Å²) in [6.07, 6.45) is 2.22.